The van der Waals surface area contributed by atoms with Crippen LogP contribution in [0.2, 0.25) is 0 Å². The second kappa shape index (κ2) is 10.4. The summed E-state index contributed by atoms with van der Waals surface area (Å²) in [6.07, 6.45) is 6.23. The van der Waals surface area contributed by atoms with E-state index in [1.54, 1.807) is 0 Å². The van der Waals surface area contributed by atoms with Gasteiger partial charge in [0.1, 0.15) is 5.60 Å². The number of aliphatic hydroxyl groups excluding tert-OH is 1. The summed E-state index contributed by atoms with van der Waals surface area (Å²) in [6, 6.07) is 0. The Balaban J connectivity index is 2.52. The fourth-order valence-electron chi connectivity index (χ4n) is 3.90. The highest BCUT2D eigenvalue weighted by molar-refractivity contribution is 5.14. The molecule has 3 heteroatoms. The summed E-state index contributed by atoms with van der Waals surface area (Å²) in [5.74, 6) is 7.91. The predicted octanol–water partition coefficient (Wildman–Crippen LogP) is 4.43. The van der Waals surface area contributed by atoms with Gasteiger partial charge in [-0.2, -0.15) is 0 Å². The molecular formula is C21H38O3. The minimum atomic E-state index is -0.323. The van der Waals surface area contributed by atoms with E-state index in [9.17, 15) is 5.11 Å². The Hall–Kier alpha value is -0.560. The van der Waals surface area contributed by atoms with Gasteiger partial charge < -0.3 is 14.6 Å². The molecule has 0 aromatic rings. The number of hydrogen-bond acceptors (Lipinski definition) is 3. The van der Waals surface area contributed by atoms with Crippen molar-refractivity contribution in [2.75, 3.05) is 26.4 Å². The SMILES string of the molecule is CCOCCOC(C#CCC[C@H]1CCC(CO)C1(C)C)(CC)CC. The molecule has 0 aromatic carbocycles. The lowest BCUT2D eigenvalue weighted by molar-refractivity contribution is -0.0353. The van der Waals surface area contributed by atoms with Crippen LogP contribution in [0.4, 0.5) is 0 Å². The summed E-state index contributed by atoms with van der Waals surface area (Å²) in [4.78, 5) is 0. The van der Waals surface area contributed by atoms with Crippen LogP contribution in [0.3, 0.4) is 0 Å². The Bertz CT molecular complexity index is 401. The molecule has 1 rings (SSSR count). The molecule has 3 nitrogen and oxygen atoms in total. The molecule has 0 spiro atoms. The van der Waals surface area contributed by atoms with Gasteiger partial charge in [0.05, 0.1) is 13.2 Å². The maximum absolute atomic E-state index is 9.53. The molecule has 1 N–H and O–H groups in total. The zero-order valence-electron chi connectivity index (χ0n) is 16.5. The average molecular weight is 339 g/mol. The van der Waals surface area contributed by atoms with Crippen LogP contribution in [0.25, 0.3) is 0 Å². The van der Waals surface area contributed by atoms with Crippen LogP contribution >= 0.6 is 0 Å². The van der Waals surface area contributed by atoms with Crippen molar-refractivity contribution < 1.29 is 14.6 Å². The number of hydrogen-bond donors (Lipinski definition) is 1. The van der Waals surface area contributed by atoms with E-state index in [0.717, 1.165) is 38.7 Å². The normalized spacial score (nSPS) is 23.1. The van der Waals surface area contributed by atoms with Crippen molar-refractivity contribution >= 4 is 0 Å². The maximum atomic E-state index is 9.53. The minimum absolute atomic E-state index is 0.233. The molecule has 0 saturated heterocycles. The van der Waals surface area contributed by atoms with Crippen LogP contribution in [-0.2, 0) is 9.47 Å². The Kier molecular flexibility index (Phi) is 9.34. The summed E-state index contributed by atoms with van der Waals surface area (Å²) in [5, 5.41) is 9.53. The monoisotopic (exact) mass is 338 g/mol. The molecule has 2 atom stereocenters. The zero-order chi connectivity index (χ0) is 18.1. The molecule has 1 fully saturated rings. The van der Waals surface area contributed by atoms with Crippen molar-refractivity contribution in [3.8, 4) is 11.8 Å². The lowest BCUT2D eigenvalue weighted by atomic mass is 9.74. The van der Waals surface area contributed by atoms with Gasteiger partial charge in [0, 0.05) is 19.6 Å². The smallest absolute Gasteiger partial charge is 0.128 e. The molecule has 1 unspecified atom stereocenters. The van der Waals surface area contributed by atoms with Crippen molar-refractivity contribution in [3.63, 3.8) is 0 Å². The van der Waals surface area contributed by atoms with Gasteiger partial charge in [0.15, 0.2) is 0 Å². The molecule has 0 aromatic heterocycles. The first-order valence-electron chi connectivity index (χ1n) is 9.78. The first-order valence-corrected chi connectivity index (χ1v) is 9.78. The van der Waals surface area contributed by atoms with Crippen LogP contribution in [0.15, 0.2) is 0 Å². The van der Waals surface area contributed by atoms with Crippen molar-refractivity contribution in [1.82, 2.24) is 0 Å². The fraction of sp³-hybridized carbons (Fsp3) is 0.905. The lowest BCUT2D eigenvalue weighted by Crippen LogP contribution is -2.31. The van der Waals surface area contributed by atoms with Crippen LogP contribution in [-0.4, -0.2) is 37.1 Å². The second-order valence-corrected chi connectivity index (χ2v) is 7.56. The van der Waals surface area contributed by atoms with Crippen LogP contribution in [0, 0.1) is 29.1 Å². The Morgan fingerprint density at radius 1 is 1.08 bits per heavy atom. The van der Waals surface area contributed by atoms with Gasteiger partial charge in [0.25, 0.3) is 0 Å². The van der Waals surface area contributed by atoms with Crippen LogP contribution in [0.5, 0.6) is 0 Å². The second-order valence-electron chi connectivity index (χ2n) is 7.56. The average Bonchev–Trinajstić information content (AvgIpc) is 2.87. The van der Waals surface area contributed by atoms with Crippen LogP contribution < -0.4 is 0 Å². The summed E-state index contributed by atoms with van der Waals surface area (Å²) in [7, 11) is 0. The summed E-state index contributed by atoms with van der Waals surface area (Å²) < 4.78 is 11.4. The van der Waals surface area contributed by atoms with Crippen molar-refractivity contribution in [2.45, 2.75) is 78.7 Å². The molecule has 0 aliphatic heterocycles. The van der Waals surface area contributed by atoms with Crippen molar-refractivity contribution in [1.29, 1.82) is 0 Å². The van der Waals surface area contributed by atoms with Gasteiger partial charge in [-0.25, -0.2) is 0 Å². The molecule has 0 amide bonds. The number of ether oxygens (including phenoxy) is 2. The number of aliphatic hydroxyl groups is 1. The third-order valence-corrected chi connectivity index (χ3v) is 6.07. The summed E-state index contributed by atoms with van der Waals surface area (Å²) >= 11 is 0. The van der Waals surface area contributed by atoms with E-state index in [-0.39, 0.29) is 11.0 Å². The van der Waals surface area contributed by atoms with Gasteiger partial charge in [-0.15, -0.1) is 5.92 Å². The molecule has 1 aliphatic carbocycles. The van der Waals surface area contributed by atoms with Gasteiger partial charge >= 0.3 is 0 Å². The zero-order valence-corrected chi connectivity index (χ0v) is 16.5. The molecule has 0 heterocycles. The van der Waals surface area contributed by atoms with E-state index < -0.39 is 0 Å². The molecule has 0 bridgehead atoms. The third kappa shape index (κ3) is 5.76. The van der Waals surface area contributed by atoms with E-state index in [4.69, 9.17) is 9.47 Å². The largest absolute Gasteiger partial charge is 0.396 e. The van der Waals surface area contributed by atoms with Gasteiger partial charge in [-0.05, 0) is 56.3 Å². The topological polar surface area (TPSA) is 38.7 Å². The first kappa shape index (κ1) is 21.5. The highest BCUT2D eigenvalue weighted by atomic mass is 16.5. The highest BCUT2D eigenvalue weighted by Crippen LogP contribution is 2.48. The van der Waals surface area contributed by atoms with E-state index in [2.05, 4.69) is 39.5 Å². The Labute approximate surface area is 149 Å². The quantitative estimate of drug-likeness (QED) is 0.473. The Morgan fingerprint density at radius 2 is 1.75 bits per heavy atom. The third-order valence-electron chi connectivity index (χ3n) is 6.07. The molecule has 140 valence electrons. The van der Waals surface area contributed by atoms with Crippen LogP contribution in [0.1, 0.15) is 73.1 Å². The van der Waals surface area contributed by atoms with Gasteiger partial charge in [0.2, 0.25) is 0 Å². The highest BCUT2D eigenvalue weighted by Gasteiger charge is 2.41. The van der Waals surface area contributed by atoms with Gasteiger partial charge in [-0.1, -0.05) is 33.6 Å². The maximum Gasteiger partial charge on any atom is 0.128 e. The van der Waals surface area contributed by atoms with Crippen molar-refractivity contribution in [3.05, 3.63) is 0 Å². The Morgan fingerprint density at radius 3 is 2.29 bits per heavy atom. The fourth-order valence-corrected chi connectivity index (χ4v) is 3.90. The molecular weight excluding hydrogens is 300 g/mol. The lowest BCUT2D eigenvalue weighted by Gasteiger charge is -2.32. The van der Waals surface area contributed by atoms with E-state index in [0.29, 0.717) is 31.7 Å². The predicted molar refractivity (Wildman–Crippen MR) is 99.8 cm³/mol. The van der Waals surface area contributed by atoms with E-state index in [1.165, 1.54) is 6.42 Å². The van der Waals surface area contributed by atoms with E-state index >= 15 is 0 Å². The number of rotatable bonds is 10. The first-order chi connectivity index (χ1) is 11.5. The molecule has 0 radical (unpaired) electrons. The molecule has 24 heavy (non-hydrogen) atoms. The minimum Gasteiger partial charge on any atom is -0.396 e. The van der Waals surface area contributed by atoms with Gasteiger partial charge in [-0.3, -0.25) is 0 Å². The summed E-state index contributed by atoms with van der Waals surface area (Å²) in [6.45, 7) is 13.2. The van der Waals surface area contributed by atoms with Crippen molar-refractivity contribution in [2.24, 2.45) is 17.3 Å². The standard InChI is InChI=1S/C21H38O3/c1-6-21(7-2,24-16-15-23-8-3)14-10-9-11-18-12-13-19(17-22)20(18,4)5/h18-19,22H,6-9,11-13,15-17H2,1-5H3/t18-,19?/m0/s1. The van der Waals surface area contributed by atoms with E-state index in [1.807, 2.05) is 6.92 Å². The summed E-state index contributed by atoms with van der Waals surface area (Å²) in [5.41, 5.74) is -0.0903. The molecule has 1 saturated carbocycles. The molecule has 1 aliphatic rings.